The predicted octanol–water partition coefficient (Wildman–Crippen LogP) is 1.36. The molecule has 0 spiro atoms. The van der Waals surface area contributed by atoms with Crippen LogP contribution in [0.5, 0.6) is 0 Å². The molecule has 0 saturated carbocycles. The van der Waals surface area contributed by atoms with Crippen molar-refractivity contribution in [2.75, 3.05) is 0 Å². The van der Waals surface area contributed by atoms with E-state index in [9.17, 15) is 0 Å². The number of para-hydroxylation sites is 1. The molecule has 13 heavy (non-hydrogen) atoms. The molecule has 3 nitrogen and oxygen atoms in total. The van der Waals surface area contributed by atoms with Crippen LogP contribution in [0.4, 0.5) is 0 Å². The summed E-state index contributed by atoms with van der Waals surface area (Å²) in [5.74, 6) is 0. The van der Waals surface area contributed by atoms with Gasteiger partial charge in [0.2, 0.25) is 0 Å². The van der Waals surface area contributed by atoms with Crippen molar-refractivity contribution in [3.05, 3.63) is 36.5 Å². The summed E-state index contributed by atoms with van der Waals surface area (Å²) < 4.78 is 0. The Balaban J connectivity index is 0.000000184. The zero-order valence-electron chi connectivity index (χ0n) is 7.03. The monoisotopic (exact) mass is 193 g/mol. The molecule has 1 aromatic heterocycles. The van der Waals surface area contributed by atoms with Gasteiger partial charge in [0.25, 0.3) is 0 Å². The summed E-state index contributed by atoms with van der Waals surface area (Å²) in [7, 11) is 0. The van der Waals surface area contributed by atoms with Crippen LogP contribution in [0.15, 0.2) is 36.5 Å². The van der Waals surface area contributed by atoms with Gasteiger partial charge in [-0.3, -0.25) is 0 Å². The van der Waals surface area contributed by atoms with Gasteiger partial charge in [0.05, 0.1) is 0 Å². The molecule has 2 aromatic rings. The Labute approximate surface area is 81.7 Å². The van der Waals surface area contributed by atoms with Gasteiger partial charge in [0.1, 0.15) is 0 Å². The fourth-order valence-corrected chi connectivity index (χ4v) is 0.995. The summed E-state index contributed by atoms with van der Waals surface area (Å²) in [6.07, 6.45) is 1.95. The molecule has 0 aliphatic rings. The summed E-state index contributed by atoms with van der Waals surface area (Å²) >= 11 is 4.09. The van der Waals surface area contributed by atoms with E-state index < -0.39 is 0 Å². The number of benzene rings is 1. The topological polar surface area (TPSA) is 67.8 Å². The molecule has 0 saturated heterocycles. The van der Waals surface area contributed by atoms with Crippen LogP contribution in [0, 0.1) is 0 Å². The maximum Gasteiger partial charge on any atom is 0.160 e. The van der Waals surface area contributed by atoms with Crippen LogP contribution in [0.1, 0.15) is 0 Å². The van der Waals surface area contributed by atoms with E-state index in [4.69, 9.17) is 0 Å². The minimum absolute atomic E-state index is 0.000000000000000222. The number of rotatable bonds is 0. The Hall–Kier alpha value is -1.55. The number of fused-ring (bicyclic) bond motifs is 1. The third-order valence-electron chi connectivity index (χ3n) is 1.46. The molecule has 1 aromatic carbocycles. The molecule has 2 rings (SSSR count). The highest BCUT2D eigenvalue weighted by molar-refractivity contribution is 7.80. The number of hydrogen-bond donors (Lipinski definition) is 3. The first-order valence-corrected chi connectivity index (χ1v) is 4.18. The van der Waals surface area contributed by atoms with E-state index in [-0.39, 0.29) is 5.11 Å². The van der Waals surface area contributed by atoms with Gasteiger partial charge in [-0.25, -0.2) is 0 Å². The first-order valence-electron chi connectivity index (χ1n) is 3.77. The van der Waals surface area contributed by atoms with E-state index in [1.807, 2.05) is 18.3 Å². The average Bonchev–Trinajstić information content (AvgIpc) is 2.49. The van der Waals surface area contributed by atoms with Crippen LogP contribution in [0.2, 0.25) is 0 Å². The van der Waals surface area contributed by atoms with Crippen molar-refractivity contribution in [2.24, 2.45) is 11.5 Å². The van der Waals surface area contributed by atoms with Crippen molar-refractivity contribution < 1.29 is 0 Å². The van der Waals surface area contributed by atoms with Gasteiger partial charge < -0.3 is 16.5 Å². The summed E-state index contributed by atoms with van der Waals surface area (Å²) in [5, 5.41) is 1.28. The number of aromatic amines is 1. The smallest absolute Gasteiger partial charge is 0.160 e. The standard InChI is InChI=1S/C8H7N.CH4N2S/c1-2-4-8-7(3-1)5-6-9-8;2-1(3)4/h1-6,9H;(H4,2,3,4). The highest BCUT2D eigenvalue weighted by Gasteiger charge is 1.86. The highest BCUT2D eigenvalue weighted by Crippen LogP contribution is 2.09. The number of H-pyrrole nitrogens is 1. The Kier molecular flexibility index (Phi) is 3.28. The van der Waals surface area contributed by atoms with Crippen LogP contribution in [0.25, 0.3) is 10.9 Å². The molecule has 5 N–H and O–H groups in total. The Morgan fingerprint density at radius 1 is 1.15 bits per heavy atom. The van der Waals surface area contributed by atoms with Gasteiger partial charge in [0, 0.05) is 11.7 Å². The van der Waals surface area contributed by atoms with Crippen LogP contribution in [-0.2, 0) is 0 Å². The molecule has 0 atom stereocenters. The van der Waals surface area contributed by atoms with E-state index in [2.05, 4.69) is 46.9 Å². The molecular formula is C9H11N3S. The quantitative estimate of drug-likeness (QED) is 0.553. The number of thiocarbonyl (C=S) groups is 1. The fraction of sp³-hybridized carbons (Fsp3) is 0. The Morgan fingerprint density at radius 2 is 1.77 bits per heavy atom. The largest absolute Gasteiger partial charge is 0.377 e. The van der Waals surface area contributed by atoms with E-state index in [1.165, 1.54) is 10.9 Å². The molecule has 0 radical (unpaired) electrons. The van der Waals surface area contributed by atoms with Crippen molar-refractivity contribution in [3.8, 4) is 0 Å². The highest BCUT2D eigenvalue weighted by atomic mass is 32.1. The molecule has 0 unspecified atom stereocenters. The number of hydrogen-bond acceptors (Lipinski definition) is 1. The van der Waals surface area contributed by atoms with Crippen LogP contribution >= 0.6 is 12.2 Å². The van der Waals surface area contributed by atoms with Gasteiger partial charge in [-0.05, 0) is 29.7 Å². The van der Waals surface area contributed by atoms with Gasteiger partial charge in [-0.15, -0.1) is 0 Å². The maximum absolute atomic E-state index is 4.62. The van der Waals surface area contributed by atoms with E-state index >= 15 is 0 Å². The van der Waals surface area contributed by atoms with Crippen LogP contribution in [0.3, 0.4) is 0 Å². The minimum Gasteiger partial charge on any atom is -0.377 e. The van der Waals surface area contributed by atoms with Crippen molar-refractivity contribution in [1.29, 1.82) is 0 Å². The van der Waals surface area contributed by atoms with E-state index in [0.29, 0.717) is 0 Å². The summed E-state index contributed by atoms with van der Waals surface area (Å²) in [6.45, 7) is 0. The molecule has 4 heteroatoms. The Morgan fingerprint density at radius 3 is 2.38 bits per heavy atom. The molecule has 1 heterocycles. The first kappa shape index (κ1) is 9.54. The second kappa shape index (κ2) is 4.47. The zero-order valence-corrected chi connectivity index (χ0v) is 7.84. The average molecular weight is 193 g/mol. The van der Waals surface area contributed by atoms with Crippen LogP contribution < -0.4 is 11.5 Å². The van der Waals surface area contributed by atoms with Gasteiger partial charge in [0.15, 0.2) is 5.11 Å². The van der Waals surface area contributed by atoms with Crippen molar-refractivity contribution in [1.82, 2.24) is 4.98 Å². The molecule has 0 amide bonds. The summed E-state index contributed by atoms with van der Waals surface area (Å²) in [6, 6.07) is 10.3. The Bertz CT molecular complexity index is 360. The lowest BCUT2D eigenvalue weighted by Gasteiger charge is -1.83. The predicted molar refractivity (Wildman–Crippen MR) is 59.3 cm³/mol. The number of aromatic nitrogens is 1. The minimum atomic E-state index is 0.000000000000000222. The molecule has 0 bridgehead atoms. The van der Waals surface area contributed by atoms with Gasteiger partial charge in [-0.1, -0.05) is 18.2 Å². The maximum atomic E-state index is 4.62. The zero-order chi connectivity index (χ0) is 9.68. The van der Waals surface area contributed by atoms with E-state index in [0.717, 1.165) is 0 Å². The lowest BCUT2D eigenvalue weighted by atomic mass is 10.3. The van der Waals surface area contributed by atoms with Crippen molar-refractivity contribution >= 4 is 28.2 Å². The summed E-state index contributed by atoms with van der Waals surface area (Å²) in [4.78, 5) is 3.12. The second-order valence-corrected chi connectivity index (χ2v) is 2.94. The lowest BCUT2D eigenvalue weighted by molar-refractivity contribution is 1.48. The molecule has 0 aliphatic carbocycles. The third kappa shape index (κ3) is 3.13. The van der Waals surface area contributed by atoms with Gasteiger partial charge in [-0.2, -0.15) is 0 Å². The SMILES string of the molecule is NC(N)=S.c1ccc2[nH]ccc2c1. The number of nitrogens with one attached hydrogen (secondary N) is 1. The molecule has 68 valence electrons. The molecule has 0 fully saturated rings. The van der Waals surface area contributed by atoms with Crippen molar-refractivity contribution in [2.45, 2.75) is 0 Å². The van der Waals surface area contributed by atoms with E-state index in [1.54, 1.807) is 0 Å². The normalized spacial score (nSPS) is 8.92. The number of nitrogens with two attached hydrogens (primary N) is 2. The first-order chi connectivity index (χ1) is 6.20. The molecule has 0 aliphatic heterocycles. The third-order valence-corrected chi connectivity index (χ3v) is 1.46. The second-order valence-electron chi connectivity index (χ2n) is 2.47. The summed E-state index contributed by atoms with van der Waals surface area (Å²) in [5.41, 5.74) is 10.4. The van der Waals surface area contributed by atoms with Gasteiger partial charge >= 0.3 is 0 Å². The molecular weight excluding hydrogens is 182 g/mol. The van der Waals surface area contributed by atoms with Crippen molar-refractivity contribution in [3.63, 3.8) is 0 Å². The van der Waals surface area contributed by atoms with Crippen LogP contribution in [-0.4, -0.2) is 10.1 Å². The lowest BCUT2D eigenvalue weighted by Crippen LogP contribution is -2.18. The fourth-order valence-electron chi connectivity index (χ4n) is 0.995.